The van der Waals surface area contributed by atoms with Crippen molar-refractivity contribution in [1.29, 1.82) is 0 Å². The molecule has 1 aromatic heterocycles. The van der Waals surface area contributed by atoms with Crippen LogP contribution >= 0.6 is 0 Å². The third-order valence-corrected chi connectivity index (χ3v) is 6.30. The first-order valence-electron chi connectivity index (χ1n) is 12.1. The smallest absolute Gasteiger partial charge is 0.242 e. The van der Waals surface area contributed by atoms with Crippen LogP contribution in [0.1, 0.15) is 40.5 Å². The van der Waals surface area contributed by atoms with E-state index in [4.69, 9.17) is 4.74 Å². The van der Waals surface area contributed by atoms with Crippen molar-refractivity contribution in [3.8, 4) is 17.0 Å². The van der Waals surface area contributed by atoms with E-state index in [-0.39, 0.29) is 30.3 Å². The number of amides is 2. The highest BCUT2D eigenvalue weighted by Crippen LogP contribution is 2.23. The Hall–Kier alpha value is -3.16. The van der Waals surface area contributed by atoms with Gasteiger partial charge in [-0.1, -0.05) is 32.9 Å². The Kier molecular flexibility index (Phi) is 8.85. The zero-order chi connectivity index (χ0) is 24.7. The molecule has 8 nitrogen and oxygen atoms in total. The summed E-state index contributed by atoms with van der Waals surface area (Å²) in [6.45, 7) is 10.8. The van der Waals surface area contributed by atoms with Gasteiger partial charge in [0.25, 0.3) is 0 Å². The van der Waals surface area contributed by atoms with Gasteiger partial charge in [0.15, 0.2) is 5.82 Å². The van der Waals surface area contributed by atoms with E-state index in [1.54, 1.807) is 12.0 Å². The summed E-state index contributed by atoms with van der Waals surface area (Å²) in [4.78, 5) is 31.4. The number of nitrogens with zero attached hydrogens (tertiary/aromatic N) is 5. The zero-order valence-electron chi connectivity index (χ0n) is 21.0. The number of carbonyl (C=O) groups excluding carboxylic acids is 2. The fraction of sp³-hybridized carbons (Fsp3) is 0.538. The fourth-order valence-corrected chi connectivity index (χ4v) is 4.04. The summed E-state index contributed by atoms with van der Waals surface area (Å²) >= 11 is 0. The Balaban J connectivity index is 1.57. The maximum Gasteiger partial charge on any atom is 0.242 e. The second-order valence-electron chi connectivity index (χ2n) is 9.25. The lowest BCUT2D eigenvalue weighted by Gasteiger charge is -2.37. The maximum absolute atomic E-state index is 13.0. The molecule has 2 heterocycles. The van der Waals surface area contributed by atoms with Crippen LogP contribution in [0.2, 0.25) is 0 Å². The minimum atomic E-state index is 0.0107. The second kappa shape index (κ2) is 11.8. The highest BCUT2D eigenvalue weighted by molar-refractivity contribution is 5.85. The molecule has 3 rings (SSSR count). The van der Waals surface area contributed by atoms with E-state index in [0.29, 0.717) is 32.6 Å². The molecule has 1 saturated heterocycles. The van der Waals surface area contributed by atoms with Crippen LogP contribution in [0.15, 0.2) is 36.4 Å². The van der Waals surface area contributed by atoms with E-state index in [0.717, 1.165) is 29.2 Å². The summed E-state index contributed by atoms with van der Waals surface area (Å²) in [5.41, 5.74) is 1.74. The third kappa shape index (κ3) is 6.46. The molecule has 2 amide bonds. The van der Waals surface area contributed by atoms with Crippen molar-refractivity contribution < 1.29 is 14.3 Å². The summed E-state index contributed by atoms with van der Waals surface area (Å²) in [6.07, 6.45) is 1.30. The molecule has 1 atom stereocenters. The second-order valence-corrected chi connectivity index (χ2v) is 9.25. The molecule has 8 heteroatoms. The van der Waals surface area contributed by atoms with Gasteiger partial charge in [0.1, 0.15) is 5.75 Å². The first-order chi connectivity index (χ1) is 16.3. The molecule has 34 heavy (non-hydrogen) atoms. The molecule has 0 bridgehead atoms. The van der Waals surface area contributed by atoms with Crippen molar-refractivity contribution in [1.82, 2.24) is 20.0 Å². The predicted molar refractivity (Wildman–Crippen MR) is 134 cm³/mol. The van der Waals surface area contributed by atoms with Gasteiger partial charge in [-0.15, -0.1) is 10.2 Å². The largest absolute Gasteiger partial charge is 0.497 e. The number of hydrogen-bond donors (Lipinski definition) is 0. The predicted octanol–water partition coefficient (Wildman–Crippen LogP) is 3.47. The maximum atomic E-state index is 13.0. The molecule has 2 aromatic rings. The number of hydrogen-bond acceptors (Lipinski definition) is 6. The molecule has 0 radical (unpaired) electrons. The van der Waals surface area contributed by atoms with Gasteiger partial charge in [-0.05, 0) is 43.5 Å². The molecule has 0 aliphatic carbocycles. The Labute approximate surface area is 202 Å². The highest BCUT2D eigenvalue weighted by Gasteiger charge is 2.27. The Morgan fingerprint density at radius 2 is 1.79 bits per heavy atom. The summed E-state index contributed by atoms with van der Waals surface area (Å²) in [6, 6.07) is 11.7. The first kappa shape index (κ1) is 25.5. The van der Waals surface area contributed by atoms with Crippen LogP contribution in [0.4, 0.5) is 5.82 Å². The van der Waals surface area contributed by atoms with Gasteiger partial charge in [0, 0.05) is 44.2 Å². The molecular weight excluding hydrogens is 430 g/mol. The van der Waals surface area contributed by atoms with E-state index in [1.807, 2.05) is 69.0 Å². The van der Waals surface area contributed by atoms with Gasteiger partial charge in [0.2, 0.25) is 11.8 Å². The van der Waals surface area contributed by atoms with Gasteiger partial charge in [-0.3, -0.25) is 9.59 Å². The van der Waals surface area contributed by atoms with Crippen molar-refractivity contribution in [2.75, 3.05) is 44.7 Å². The SMILES string of the molecule is CCC(C)N(CC(=O)N1CCN(c2ccc(-c3cccc(OC)c3)nn2)CC1)C(=O)CC(C)C. The summed E-state index contributed by atoms with van der Waals surface area (Å²) in [7, 11) is 1.64. The van der Waals surface area contributed by atoms with Crippen molar-refractivity contribution in [3.63, 3.8) is 0 Å². The third-order valence-electron chi connectivity index (χ3n) is 6.30. The highest BCUT2D eigenvalue weighted by atomic mass is 16.5. The summed E-state index contributed by atoms with van der Waals surface area (Å²) in [5.74, 6) is 1.92. The minimum Gasteiger partial charge on any atom is -0.497 e. The molecule has 1 aliphatic rings. The molecule has 1 aliphatic heterocycles. The fourth-order valence-electron chi connectivity index (χ4n) is 4.04. The number of aromatic nitrogens is 2. The van der Waals surface area contributed by atoms with Crippen molar-refractivity contribution >= 4 is 17.6 Å². The number of methoxy groups -OCH3 is 1. The van der Waals surface area contributed by atoms with Gasteiger partial charge >= 0.3 is 0 Å². The number of anilines is 1. The number of rotatable bonds is 9. The lowest BCUT2D eigenvalue weighted by atomic mass is 10.1. The number of carbonyl (C=O) groups is 2. The van der Waals surface area contributed by atoms with Crippen molar-refractivity contribution in [2.24, 2.45) is 5.92 Å². The van der Waals surface area contributed by atoms with E-state index in [1.165, 1.54) is 0 Å². The van der Waals surface area contributed by atoms with E-state index >= 15 is 0 Å². The molecule has 0 saturated carbocycles. The van der Waals surface area contributed by atoms with Crippen LogP contribution in [-0.2, 0) is 9.59 Å². The van der Waals surface area contributed by atoms with Crippen molar-refractivity contribution in [3.05, 3.63) is 36.4 Å². The van der Waals surface area contributed by atoms with Gasteiger partial charge in [-0.2, -0.15) is 0 Å². The van der Waals surface area contributed by atoms with E-state index in [9.17, 15) is 9.59 Å². The average molecular weight is 468 g/mol. The standard InChI is InChI=1S/C26H37N5O3/c1-6-20(4)31(25(32)16-19(2)3)18-26(33)30-14-12-29(13-15-30)24-11-10-23(27-28-24)21-8-7-9-22(17-21)34-5/h7-11,17,19-20H,6,12-16,18H2,1-5H3. The molecule has 184 valence electrons. The Bertz CT molecular complexity index is 955. The van der Waals surface area contributed by atoms with Crippen LogP contribution in [0.5, 0.6) is 5.75 Å². The van der Waals surface area contributed by atoms with Crippen LogP contribution in [0, 0.1) is 5.92 Å². The Morgan fingerprint density at radius 1 is 1.06 bits per heavy atom. The molecule has 1 aromatic carbocycles. The van der Waals surface area contributed by atoms with E-state index in [2.05, 4.69) is 15.1 Å². The lowest BCUT2D eigenvalue weighted by molar-refractivity contribution is -0.143. The number of benzene rings is 1. The van der Waals surface area contributed by atoms with Crippen LogP contribution < -0.4 is 9.64 Å². The van der Waals surface area contributed by atoms with Crippen LogP contribution in [0.25, 0.3) is 11.3 Å². The normalized spacial score (nSPS) is 14.8. The molecule has 0 N–H and O–H groups in total. The van der Waals surface area contributed by atoms with Gasteiger partial charge in [-0.25, -0.2) is 0 Å². The van der Waals surface area contributed by atoms with Crippen LogP contribution in [-0.4, -0.2) is 77.7 Å². The quantitative estimate of drug-likeness (QED) is 0.562. The summed E-state index contributed by atoms with van der Waals surface area (Å²) in [5, 5.41) is 8.81. The Morgan fingerprint density at radius 3 is 2.38 bits per heavy atom. The van der Waals surface area contributed by atoms with Gasteiger partial charge in [0.05, 0.1) is 19.3 Å². The van der Waals surface area contributed by atoms with Crippen LogP contribution in [0.3, 0.4) is 0 Å². The monoisotopic (exact) mass is 467 g/mol. The molecular formula is C26H37N5O3. The average Bonchev–Trinajstić information content (AvgIpc) is 2.86. The first-order valence-corrected chi connectivity index (χ1v) is 12.1. The lowest BCUT2D eigenvalue weighted by Crippen LogP contribution is -2.53. The summed E-state index contributed by atoms with van der Waals surface area (Å²) < 4.78 is 5.29. The van der Waals surface area contributed by atoms with Gasteiger partial charge < -0.3 is 19.4 Å². The molecule has 1 fully saturated rings. The van der Waals surface area contributed by atoms with Crippen molar-refractivity contribution in [2.45, 2.75) is 46.6 Å². The molecule has 1 unspecified atom stereocenters. The number of piperazine rings is 1. The minimum absolute atomic E-state index is 0.0107. The number of ether oxygens (including phenoxy) is 1. The van der Waals surface area contributed by atoms with E-state index < -0.39 is 0 Å². The molecule has 0 spiro atoms. The zero-order valence-corrected chi connectivity index (χ0v) is 21.0. The topological polar surface area (TPSA) is 78.9 Å².